The number of likely N-dealkylation sites (tertiary alicyclic amines) is 1. The number of hydrogen-bond donors (Lipinski definition) is 2. The van der Waals surface area contributed by atoms with Gasteiger partial charge >= 0.3 is 0 Å². The van der Waals surface area contributed by atoms with Gasteiger partial charge in [-0.05, 0) is 78.9 Å². The largest absolute Gasteiger partial charge is 0.457 e. The Morgan fingerprint density at radius 3 is 2.44 bits per heavy atom. The van der Waals surface area contributed by atoms with Crippen LogP contribution in [0, 0.1) is 5.82 Å². The van der Waals surface area contributed by atoms with Crippen LogP contribution in [0.4, 0.5) is 10.2 Å². The third-order valence-electron chi connectivity index (χ3n) is 8.56. The van der Waals surface area contributed by atoms with Crippen LogP contribution in [0.2, 0.25) is 0 Å². The van der Waals surface area contributed by atoms with Crippen molar-refractivity contribution in [2.45, 2.75) is 44.2 Å². The van der Waals surface area contributed by atoms with Gasteiger partial charge in [-0.3, -0.25) is 19.8 Å². The number of rotatable bonds is 7. The van der Waals surface area contributed by atoms with Crippen LogP contribution in [0.1, 0.15) is 48.8 Å². The number of imide groups is 1. The van der Waals surface area contributed by atoms with Gasteiger partial charge in [-0.1, -0.05) is 24.3 Å². The second-order valence-corrected chi connectivity index (χ2v) is 11.6. The number of nitrogens with one attached hydrogen (secondary N) is 1. The molecule has 11 heteroatoms. The molecule has 2 amide bonds. The number of carbonyl (C=O) groups is 2. The van der Waals surface area contributed by atoms with Gasteiger partial charge in [0.1, 0.15) is 35.2 Å². The molecular formula is C34H32FN7O3. The van der Waals surface area contributed by atoms with Crippen LogP contribution in [0.5, 0.6) is 11.5 Å². The molecular weight excluding hydrogens is 573 g/mol. The zero-order chi connectivity index (χ0) is 30.9. The molecule has 5 aromatic rings. The summed E-state index contributed by atoms with van der Waals surface area (Å²) in [6.45, 7) is 2.11. The summed E-state index contributed by atoms with van der Waals surface area (Å²) in [4.78, 5) is 35.1. The lowest BCUT2D eigenvalue weighted by Crippen LogP contribution is -2.39. The maximum absolute atomic E-state index is 14.6. The number of para-hydroxylation sites is 1. The molecule has 2 aliphatic rings. The van der Waals surface area contributed by atoms with E-state index in [1.54, 1.807) is 0 Å². The van der Waals surface area contributed by atoms with E-state index in [0.29, 0.717) is 35.7 Å². The quantitative estimate of drug-likeness (QED) is 0.237. The van der Waals surface area contributed by atoms with E-state index in [1.807, 2.05) is 65.3 Å². The topological polar surface area (TPSA) is 128 Å². The molecule has 45 heavy (non-hydrogen) atoms. The summed E-state index contributed by atoms with van der Waals surface area (Å²) in [6, 6.07) is 22.2. The molecule has 2 saturated heterocycles. The number of aromatic nitrogens is 4. The number of piperidine rings is 2. The fourth-order valence-corrected chi connectivity index (χ4v) is 6.32. The van der Waals surface area contributed by atoms with Crippen molar-refractivity contribution >= 4 is 28.7 Å². The van der Waals surface area contributed by atoms with E-state index in [-0.39, 0.29) is 30.1 Å². The fourth-order valence-electron chi connectivity index (χ4n) is 6.32. The Hall–Kier alpha value is -5.16. The standard InChI is InChI=1S/C34H32FN7O3/c35-24-17-21(16-23(18-24)28-10-11-29(43)39-34(28)44)19-41-14-12-25(13-15-41)42-33-30(32(36)37-20-38-33)31(40-42)22-6-8-27(9-7-22)45-26-4-2-1-3-5-26/h1-9,16-18,20,25,28H,10-15,19H2,(H2,36,37,38)(H,39,43,44). The highest BCUT2D eigenvalue weighted by atomic mass is 19.1. The molecule has 1 atom stereocenters. The molecule has 0 aliphatic carbocycles. The van der Waals surface area contributed by atoms with E-state index in [4.69, 9.17) is 15.6 Å². The molecule has 10 nitrogen and oxygen atoms in total. The predicted molar refractivity (Wildman–Crippen MR) is 167 cm³/mol. The summed E-state index contributed by atoms with van der Waals surface area (Å²) >= 11 is 0. The summed E-state index contributed by atoms with van der Waals surface area (Å²) in [5, 5.41) is 8.10. The Bertz CT molecular complexity index is 1870. The number of nitrogens with two attached hydrogens (primary N) is 1. The molecule has 0 saturated carbocycles. The van der Waals surface area contributed by atoms with Crippen LogP contribution in [0.25, 0.3) is 22.3 Å². The molecule has 2 fully saturated rings. The number of nitrogen functional groups attached to an aromatic ring is 1. The van der Waals surface area contributed by atoms with Crippen molar-refractivity contribution < 1.29 is 18.7 Å². The van der Waals surface area contributed by atoms with E-state index in [0.717, 1.165) is 53.9 Å². The first-order chi connectivity index (χ1) is 21.9. The lowest BCUT2D eigenvalue weighted by Gasteiger charge is -2.32. The van der Waals surface area contributed by atoms with Crippen molar-refractivity contribution in [3.05, 3.63) is 96.1 Å². The van der Waals surface area contributed by atoms with Gasteiger partial charge < -0.3 is 10.5 Å². The lowest BCUT2D eigenvalue weighted by atomic mass is 9.89. The zero-order valence-corrected chi connectivity index (χ0v) is 24.5. The molecule has 3 aromatic carbocycles. The maximum atomic E-state index is 14.6. The normalized spacial score (nSPS) is 17.8. The van der Waals surface area contributed by atoms with Crippen molar-refractivity contribution in [2.24, 2.45) is 0 Å². The number of halogens is 1. The van der Waals surface area contributed by atoms with Crippen molar-refractivity contribution in [1.82, 2.24) is 30.0 Å². The summed E-state index contributed by atoms with van der Waals surface area (Å²) in [6.07, 6.45) is 3.75. The Kier molecular flexibility index (Phi) is 7.68. The van der Waals surface area contributed by atoms with Gasteiger partial charge in [0.2, 0.25) is 11.8 Å². The fraction of sp³-hybridized carbons (Fsp3) is 0.265. The number of carbonyl (C=O) groups excluding carboxylic acids is 2. The predicted octanol–water partition coefficient (Wildman–Crippen LogP) is 5.36. The number of nitrogens with zero attached hydrogens (tertiary/aromatic N) is 5. The first-order valence-electron chi connectivity index (χ1n) is 15.1. The molecule has 0 spiro atoms. The number of ether oxygens (including phenoxy) is 1. The van der Waals surface area contributed by atoms with Gasteiger partial charge in [-0.15, -0.1) is 0 Å². The zero-order valence-electron chi connectivity index (χ0n) is 24.5. The Morgan fingerprint density at radius 1 is 0.933 bits per heavy atom. The minimum Gasteiger partial charge on any atom is -0.457 e. The second-order valence-electron chi connectivity index (χ2n) is 11.6. The highest BCUT2D eigenvalue weighted by molar-refractivity contribution is 6.01. The summed E-state index contributed by atoms with van der Waals surface area (Å²) in [7, 11) is 0. The van der Waals surface area contributed by atoms with E-state index >= 15 is 0 Å². The number of fused-ring (bicyclic) bond motifs is 1. The molecule has 3 N–H and O–H groups in total. The highest BCUT2D eigenvalue weighted by Crippen LogP contribution is 2.35. The molecule has 2 aliphatic heterocycles. The van der Waals surface area contributed by atoms with Crippen LogP contribution in [0.3, 0.4) is 0 Å². The van der Waals surface area contributed by atoms with Crippen LogP contribution in [-0.2, 0) is 16.1 Å². The van der Waals surface area contributed by atoms with E-state index in [2.05, 4.69) is 20.2 Å². The van der Waals surface area contributed by atoms with Crippen LogP contribution < -0.4 is 15.8 Å². The summed E-state index contributed by atoms with van der Waals surface area (Å²) in [5.74, 6) is 0.301. The molecule has 228 valence electrons. The van der Waals surface area contributed by atoms with Crippen molar-refractivity contribution in [1.29, 1.82) is 0 Å². The van der Waals surface area contributed by atoms with Crippen molar-refractivity contribution in [3.63, 3.8) is 0 Å². The minimum atomic E-state index is -0.521. The van der Waals surface area contributed by atoms with Gasteiger partial charge in [0.25, 0.3) is 0 Å². The average Bonchev–Trinajstić information content (AvgIpc) is 3.43. The Balaban J connectivity index is 1.07. The Labute approximate surface area is 259 Å². The monoisotopic (exact) mass is 605 g/mol. The summed E-state index contributed by atoms with van der Waals surface area (Å²) < 4.78 is 22.5. The molecule has 0 bridgehead atoms. The third-order valence-corrected chi connectivity index (χ3v) is 8.56. The number of hydrogen-bond acceptors (Lipinski definition) is 8. The first-order valence-corrected chi connectivity index (χ1v) is 15.1. The lowest BCUT2D eigenvalue weighted by molar-refractivity contribution is -0.134. The minimum absolute atomic E-state index is 0.0963. The first kappa shape index (κ1) is 28.6. The molecule has 2 aromatic heterocycles. The number of anilines is 1. The van der Waals surface area contributed by atoms with Crippen LogP contribution >= 0.6 is 0 Å². The van der Waals surface area contributed by atoms with E-state index in [1.165, 1.54) is 18.5 Å². The third kappa shape index (κ3) is 5.99. The van der Waals surface area contributed by atoms with Crippen molar-refractivity contribution in [2.75, 3.05) is 18.8 Å². The number of amides is 2. The van der Waals surface area contributed by atoms with Crippen LogP contribution in [0.15, 0.2) is 79.1 Å². The van der Waals surface area contributed by atoms with E-state index < -0.39 is 5.92 Å². The molecule has 1 unspecified atom stereocenters. The maximum Gasteiger partial charge on any atom is 0.234 e. The molecule has 4 heterocycles. The van der Waals surface area contributed by atoms with Gasteiger partial charge in [0.05, 0.1) is 17.3 Å². The highest BCUT2D eigenvalue weighted by Gasteiger charge is 2.29. The van der Waals surface area contributed by atoms with Gasteiger partial charge in [-0.25, -0.2) is 19.0 Å². The van der Waals surface area contributed by atoms with Gasteiger partial charge in [-0.2, -0.15) is 5.10 Å². The molecule has 0 radical (unpaired) electrons. The summed E-state index contributed by atoms with van der Waals surface area (Å²) in [5.41, 5.74) is 10.1. The van der Waals surface area contributed by atoms with Crippen molar-refractivity contribution in [3.8, 4) is 22.8 Å². The van der Waals surface area contributed by atoms with E-state index in [9.17, 15) is 14.0 Å². The average molecular weight is 606 g/mol. The number of benzene rings is 3. The van der Waals surface area contributed by atoms with Gasteiger partial charge in [0, 0.05) is 31.6 Å². The SMILES string of the molecule is Nc1ncnc2c1c(-c1ccc(Oc3ccccc3)cc1)nn2C1CCN(Cc2cc(F)cc(C3CCC(=O)NC3=O)c2)CC1. The second kappa shape index (κ2) is 12.1. The van der Waals surface area contributed by atoms with Crippen LogP contribution in [-0.4, -0.2) is 49.6 Å². The Morgan fingerprint density at radius 2 is 1.69 bits per heavy atom. The smallest absolute Gasteiger partial charge is 0.234 e. The van der Waals surface area contributed by atoms with Gasteiger partial charge in [0.15, 0.2) is 5.65 Å². The molecule has 7 rings (SSSR count).